The van der Waals surface area contributed by atoms with E-state index in [0.717, 1.165) is 24.1 Å². The van der Waals surface area contributed by atoms with E-state index in [1.54, 1.807) is 0 Å². The van der Waals surface area contributed by atoms with Crippen molar-refractivity contribution in [2.75, 3.05) is 5.32 Å². The van der Waals surface area contributed by atoms with E-state index in [-0.39, 0.29) is 6.61 Å². The molecule has 100 valence electrons. The Kier molecular flexibility index (Phi) is 4.99. The first-order chi connectivity index (χ1) is 9.28. The van der Waals surface area contributed by atoms with Crippen LogP contribution in [0, 0.1) is 0 Å². The Hall–Kier alpha value is -1.80. The van der Waals surface area contributed by atoms with Crippen LogP contribution in [-0.4, -0.2) is 11.1 Å². The maximum absolute atomic E-state index is 9.12. The third-order valence-electron chi connectivity index (χ3n) is 3.23. The lowest BCUT2D eigenvalue weighted by Crippen LogP contribution is -2.16. The van der Waals surface area contributed by atoms with Crippen LogP contribution in [0.5, 0.6) is 0 Å². The van der Waals surface area contributed by atoms with Crippen LogP contribution in [-0.2, 0) is 13.0 Å². The topological polar surface area (TPSA) is 32.3 Å². The normalized spacial score (nSPS) is 12.1. The smallest absolute Gasteiger partial charge is 0.0682 e. The maximum Gasteiger partial charge on any atom is 0.0682 e. The Morgan fingerprint density at radius 2 is 1.74 bits per heavy atom. The fourth-order valence-electron chi connectivity index (χ4n) is 2.14. The van der Waals surface area contributed by atoms with E-state index in [0.29, 0.717) is 6.04 Å². The molecule has 2 aromatic carbocycles. The van der Waals surface area contributed by atoms with Gasteiger partial charge in [0.15, 0.2) is 0 Å². The van der Waals surface area contributed by atoms with Gasteiger partial charge in [-0.3, -0.25) is 0 Å². The number of rotatable bonds is 6. The summed E-state index contributed by atoms with van der Waals surface area (Å²) in [5.74, 6) is 0. The first kappa shape index (κ1) is 13.6. The highest BCUT2D eigenvalue weighted by Gasteiger charge is 2.03. The molecule has 0 radical (unpaired) electrons. The molecule has 0 aromatic heterocycles. The fraction of sp³-hybridized carbons (Fsp3) is 0.294. The Morgan fingerprint density at radius 1 is 1.00 bits per heavy atom. The third kappa shape index (κ3) is 4.42. The molecule has 0 bridgehead atoms. The van der Waals surface area contributed by atoms with Crippen LogP contribution in [0.1, 0.15) is 24.5 Å². The standard InChI is InChI=1S/C17H21NO/c1-14(10-11-15-6-3-2-4-7-15)18-17-9-5-8-16(12-17)13-19/h2-9,12,14,18-19H,10-11,13H2,1H3. The van der Waals surface area contributed by atoms with E-state index in [2.05, 4.69) is 36.5 Å². The van der Waals surface area contributed by atoms with Crippen molar-refractivity contribution in [3.8, 4) is 0 Å². The van der Waals surface area contributed by atoms with E-state index < -0.39 is 0 Å². The molecule has 0 saturated heterocycles. The molecule has 19 heavy (non-hydrogen) atoms. The largest absolute Gasteiger partial charge is 0.392 e. The minimum atomic E-state index is 0.0912. The van der Waals surface area contributed by atoms with Crippen molar-refractivity contribution in [2.24, 2.45) is 0 Å². The fourth-order valence-corrected chi connectivity index (χ4v) is 2.14. The van der Waals surface area contributed by atoms with E-state index in [1.807, 2.05) is 30.3 Å². The zero-order chi connectivity index (χ0) is 13.5. The van der Waals surface area contributed by atoms with Gasteiger partial charge in [0.25, 0.3) is 0 Å². The molecular formula is C17H21NO. The molecule has 1 unspecified atom stereocenters. The number of benzene rings is 2. The van der Waals surface area contributed by atoms with Crippen molar-refractivity contribution >= 4 is 5.69 Å². The minimum Gasteiger partial charge on any atom is -0.392 e. The molecular weight excluding hydrogens is 234 g/mol. The second-order valence-electron chi connectivity index (χ2n) is 4.93. The molecule has 0 fully saturated rings. The van der Waals surface area contributed by atoms with Gasteiger partial charge in [-0.15, -0.1) is 0 Å². The highest BCUT2D eigenvalue weighted by Crippen LogP contribution is 2.14. The molecule has 0 aliphatic heterocycles. The van der Waals surface area contributed by atoms with Gasteiger partial charge in [0.2, 0.25) is 0 Å². The number of hydrogen-bond acceptors (Lipinski definition) is 2. The summed E-state index contributed by atoms with van der Waals surface area (Å²) in [6.45, 7) is 2.28. The predicted octanol–water partition coefficient (Wildman–Crippen LogP) is 3.61. The summed E-state index contributed by atoms with van der Waals surface area (Å²) in [7, 11) is 0. The van der Waals surface area contributed by atoms with Crippen molar-refractivity contribution in [3.05, 3.63) is 65.7 Å². The summed E-state index contributed by atoms with van der Waals surface area (Å²) < 4.78 is 0. The van der Waals surface area contributed by atoms with Gasteiger partial charge in [0, 0.05) is 11.7 Å². The van der Waals surface area contributed by atoms with Gasteiger partial charge in [0.05, 0.1) is 6.61 Å². The Balaban J connectivity index is 1.85. The van der Waals surface area contributed by atoms with Gasteiger partial charge >= 0.3 is 0 Å². The molecule has 0 spiro atoms. The molecule has 0 heterocycles. The molecule has 0 saturated carbocycles. The van der Waals surface area contributed by atoms with Crippen LogP contribution >= 0.6 is 0 Å². The van der Waals surface area contributed by atoms with Crippen molar-refractivity contribution in [3.63, 3.8) is 0 Å². The number of anilines is 1. The number of aliphatic hydroxyl groups excluding tert-OH is 1. The predicted molar refractivity (Wildman–Crippen MR) is 80.2 cm³/mol. The van der Waals surface area contributed by atoms with Gasteiger partial charge in [-0.1, -0.05) is 42.5 Å². The SMILES string of the molecule is CC(CCc1ccccc1)Nc1cccc(CO)c1. The van der Waals surface area contributed by atoms with Gasteiger partial charge in [-0.2, -0.15) is 0 Å². The molecule has 2 heteroatoms. The molecule has 2 nitrogen and oxygen atoms in total. The van der Waals surface area contributed by atoms with E-state index in [4.69, 9.17) is 5.11 Å². The highest BCUT2D eigenvalue weighted by molar-refractivity contribution is 5.46. The first-order valence-electron chi connectivity index (χ1n) is 6.78. The summed E-state index contributed by atoms with van der Waals surface area (Å²) in [4.78, 5) is 0. The lowest BCUT2D eigenvalue weighted by molar-refractivity contribution is 0.282. The Labute approximate surface area is 115 Å². The molecule has 0 aliphatic carbocycles. The van der Waals surface area contributed by atoms with Crippen LogP contribution in [0.4, 0.5) is 5.69 Å². The van der Waals surface area contributed by atoms with Crippen molar-refractivity contribution in [1.82, 2.24) is 0 Å². The van der Waals surface area contributed by atoms with Crippen LogP contribution in [0.2, 0.25) is 0 Å². The Morgan fingerprint density at radius 3 is 2.47 bits per heavy atom. The Bertz CT molecular complexity index is 496. The lowest BCUT2D eigenvalue weighted by atomic mass is 10.1. The lowest BCUT2D eigenvalue weighted by Gasteiger charge is -2.15. The van der Waals surface area contributed by atoms with Crippen LogP contribution in [0.15, 0.2) is 54.6 Å². The second-order valence-corrected chi connectivity index (χ2v) is 4.93. The monoisotopic (exact) mass is 255 g/mol. The molecule has 1 atom stereocenters. The van der Waals surface area contributed by atoms with E-state index in [1.165, 1.54) is 5.56 Å². The van der Waals surface area contributed by atoms with E-state index in [9.17, 15) is 0 Å². The zero-order valence-corrected chi connectivity index (χ0v) is 11.3. The average molecular weight is 255 g/mol. The summed E-state index contributed by atoms with van der Waals surface area (Å²) >= 11 is 0. The summed E-state index contributed by atoms with van der Waals surface area (Å²) in [5.41, 5.74) is 3.40. The van der Waals surface area contributed by atoms with Crippen LogP contribution in [0.25, 0.3) is 0 Å². The number of aryl methyl sites for hydroxylation is 1. The quantitative estimate of drug-likeness (QED) is 0.826. The average Bonchev–Trinajstić information content (AvgIpc) is 2.46. The van der Waals surface area contributed by atoms with Gasteiger partial charge in [0.1, 0.15) is 0 Å². The van der Waals surface area contributed by atoms with Gasteiger partial charge in [-0.25, -0.2) is 0 Å². The van der Waals surface area contributed by atoms with Crippen LogP contribution < -0.4 is 5.32 Å². The second kappa shape index (κ2) is 6.95. The number of hydrogen-bond donors (Lipinski definition) is 2. The van der Waals surface area contributed by atoms with Crippen molar-refractivity contribution < 1.29 is 5.11 Å². The van der Waals surface area contributed by atoms with Gasteiger partial charge in [-0.05, 0) is 43.0 Å². The zero-order valence-electron chi connectivity index (χ0n) is 11.3. The summed E-state index contributed by atoms with van der Waals surface area (Å²) in [6.07, 6.45) is 2.17. The molecule has 0 aliphatic rings. The molecule has 2 N–H and O–H groups in total. The van der Waals surface area contributed by atoms with E-state index >= 15 is 0 Å². The third-order valence-corrected chi connectivity index (χ3v) is 3.23. The number of nitrogens with one attached hydrogen (secondary N) is 1. The van der Waals surface area contributed by atoms with Crippen LogP contribution in [0.3, 0.4) is 0 Å². The minimum absolute atomic E-state index is 0.0912. The molecule has 2 aromatic rings. The van der Waals surface area contributed by atoms with Crippen molar-refractivity contribution in [2.45, 2.75) is 32.4 Å². The summed E-state index contributed by atoms with van der Waals surface area (Å²) in [6, 6.07) is 18.9. The summed E-state index contributed by atoms with van der Waals surface area (Å²) in [5, 5.41) is 12.6. The number of aliphatic hydroxyl groups is 1. The maximum atomic E-state index is 9.12. The van der Waals surface area contributed by atoms with Crippen molar-refractivity contribution in [1.29, 1.82) is 0 Å². The van der Waals surface area contributed by atoms with Gasteiger partial charge < -0.3 is 10.4 Å². The molecule has 0 amide bonds. The highest BCUT2D eigenvalue weighted by atomic mass is 16.3. The first-order valence-corrected chi connectivity index (χ1v) is 6.78. The molecule has 2 rings (SSSR count).